The minimum Gasteiger partial charge on any atom is -0.464 e. The van der Waals surface area contributed by atoms with Crippen LogP contribution in [-0.2, 0) is 6.54 Å². The highest BCUT2D eigenvalue weighted by Crippen LogP contribution is 2.20. The van der Waals surface area contributed by atoms with E-state index in [4.69, 9.17) is 4.42 Å². The smallest absolute Gasteiger partial charge is 0.133 e. The Labute approximate surface area is 107 Å². The number of piperazine rings is 1. The third kappa shape index (κ3) is 2.63. The number of hydrogen-bond donors (Lipinski definition) is 1. The highest BCUT2D eigenvalue weighted by Gasteiger charge is 2.09. The molecule has 18 heavy (non-hydrogen) atoms. The standard InChI is InChI=1S/C15H18N2O/c1-2-15(18-11-1)14-5-3-13(4-6-14)12-17-9-7-16-8-10-17/h1-6,11,16H,7-10,12H2. The first-order valence-electron chi connectivity index (χ1n) is 6.48. The number of furan rings is 1. The molecule has 0 atom stereocenters. The van der Waals surface area contributed by atoms with Crippen molar-refractivity contribution in [1.82, 2.24) is 10.2 Å². The van der Waals surface area contributed by atoms with Crippen LogP contribution in [0.5, 0.6) is 0 Å². The minimum atomic E-state index is 0.934. The maximum atomic E-state index is 5.39. The summed E-state index contributed by atoms with van der Waals surface area (Å²) >= 11 is 0. The Hall–Kier alpha value is -1.58. The van der Waals surface area contributed by atoms with Crippen LogP contribution in [0.4, 0.5) is 0 Å². The van der Waals surface area contributed by atoms with Crippen molar-refractivity contribution in [1.29, 1.82) is 0 Å². The van der Waals surface area contributed by atoms with E-state index in [0.717, 1.165) is 44.0 Å². The minimum absolute atomic E-state index is 0.934. The second kappa shape index (κ2) is 5.38. The lowest BCUT2D eigenvalue weighted by molar-refractivity contribution is 0.233. The van der Waals surface area contributed by atoms with Gasteiger partial charge in [0.15, 0.2) is 0 Å². The number of nitrogens with zero attached hydrogens (tertiary/aromatic N) is 1. The Bertz CT molecular complexity index is 470. The normalized spacial score (nSPS) is 16.9. The molecular weight excluding hydrogens is 224 g/mol. The molecule has 3 heteroatoms. The second-order valence-corrected chi connectivity index (χ2v) is 4.70. The molecule has 2 heterocycles. The van der Waals surface area contributed by atoms with E-state index >= 15 is 0 Å². The molecule has 0 spiro atoms. The van der Waals surface area contributed by atoms with Gasteiger partial charge in [-0.2, -0.15) is 0 Å². The second-order valence-electron chi connectivity index (χ2n) is 4.70. The molecule has 1 aliphatic heterocycles. The van der Waals surface area contributed by atoms with E-state index in [1.54, 1.807) is 6.26 Å². The molecule has 1 fully saturated rings. The lowest BCUT2D eigenvalue weighted by atomic mass is 10.1. The molecule has 0 unspecified atom stereocenters. The molecule has 3 rings (SSSR count). The monoisotopic (exact) mass is 242 g/mol. The molecule has 1 N–H and O–H groups in total. The van der Waals surface area contributed by atoms with E-state index in [1.165, 1.54) is 5.56 Å². The maximum absolute atomic E-state index is 5.39. The van der Waals surface area contributed by atoms with Crippen LogP contribution in [-0.4, -0.2) is 31.1 Å². The van der Waals surface area contributed by atoms with Gasteiger partial charge in [0.1, 0.15) is 5.76 Å². The molecule has 1 aliphatic rings. The average molecular weight is 242 g/mol. The fraction of sp³-hybridized carbons (Fsp3) is 0.333. The summed E-state index contributed by atoms with van der Waals surface area (Å²) in [6, 6.07) is 12.6. The molecule has 3 nitrogen and oxygen atoms in total. The first-order chi connectivity index (χ1) is 8.92. The van der Waals surface area contributed by atoms with Crippen LogP contribution in [0.1, 0.15) is 5.56 Å². The van der Waals surface area contributed by atoms with E-state index in [0.29, 0.717) is 0 Å². The van der Waals surface area contributed by atoms with Crippen LogP contribution < -0.4 is 5.32 Å². The van der Waals surface area contributed by atoms with Gasteiger partial charge in [-0.3, -0.25) is 4.90 Å². The van der Waals surface area contributed by atoms with Crippen molar-refractivity contribution in [2.45, 2.75) is 6.54 Å². The van der Waals surface area contributed by atoms with Gasteiger partial charge in [-0.15, -0.1) is 0 Å². The van der Waals surface area contributed by atoms with Gasteiger partial charge < -0.3 is 9.73 Å². The Kier molecular flexibility index (Phi) is 3.44. The third-order valence-corrected chi connectivity index (χ3v) is 3.38. The topological polar surface area (TPSA) is 28.4 Å². The molecule has 0 bridgehead atoms. The van der Waals surface area contributed by atoms with Gasteiger partial charge in [0, 0.05) is 38.3 Å². The van der Waals surface area contributed by atoms with Crippen LogP contribution in [0, 0.1) is 0 Å². The van der Waals surface area contributed by atoms with Gasteiger partial charge in [-0.25, -0.2) is 0 Å². The molecule has 1 aromatic carbocycles. The molecule has 0 radical (unpaired) electrons. The molecule has 2 aromatic rings. The number of nitrogens with one attached hydrogen (secondary N) is 1. The summed E-state index contributed by atoms with van der Waals surface area (Å²) in [5, 5.41) is 3.37. The van der Waals surface area contributed by atoms with Crippen LogP contribution in [0.25, 0.3) is 11.3 Å². The van der Waals surface area contributed by atoms with E-state index in [2.05, 4.69) is 34.5 Å². The highest BCUT2D eigenvalue weighted by molar-refractivity contribution is 5.57. The van der Waals surface area contributed by atoms with Crippen LogP contribution in [0.3, 0.4) is 0 Å². The highest BCUT2D eigenvalue weighted by atomic mass is 16.3. The zero-order chi connectivity index (χ0) is 12.2. The number of rotatable bonds is 3. The summed E-state index contributed by atoms with van der Waals surface area (Å²) < 4.78 is 5.39. The van der Waals surface area contributed by atoms with Crippen molar-refractivity contribution in [3.8, 4) is 11.3 Å². The summed E-state index contributed by atoms with van der Waals surface area (Å²) in [4.78, 5) is 2.48. The summed E-state index contributed by atoms with van der Waals surface area (Å²) in [5.41, 5.74) is 2.51. The molecular formula is C15H18N2O. The van der Waals surface area contributed by atoms with Gasteiger partial charge in [0.25, 0.3) is 0 Å². The summed E-state index contributed by atoms with van der Waals surface area (Å²) in [7, 11) is 0. The predicted octanol–water partition coefficient (Wildman–Crippen LogP) is 2.35. The van der Waals surface area contributed by atoms with E-state index in [-0.39, 0.29) is 0 Å². The molecule has 0 amide bonds. The summed E-state index contributed by atoms with van der Waals surface area (Å²) in [6.45, 7) is 5.52. The predicted molar refractivity (Wildman–Crippen MR) is 72.3 cm³/mol. The largest absolute Gasteiger partial charge is 0.464 e. The maximum Gasteiger partial charge on any atom is 0.133 e. The van der Waals surface area contributed by atoms with Gasteiger partial charge in [0.05, 0.1) is 6.26 Å². The molecule has 0 aliphatic carbocycles. The quantitative estimate of drug-likeness (QED) is 0.895. The fourth-order valence-corrected chi connectivity index (χ4v) is 2.34. The van der Waals surface area contributed by atoms with Gasteiger partial charge in [-0.1, -0.05) is 24.3 Å². The Morgan fingerprint density at radius 2 is 1.83 bits per heavy atom. The van der Waals surface area contributed by atoms with Crippen molar-refractivity contribution in [3.63, 3.8) is 0 Å². The van der Waals surface area contributed by atoms with Gasteiger partial charge in [0.2, 0.25) is 0 Å². The van der Waals surface area contributed by atoms with Crippen LogP contribution in [0.2, 0.25) is 0 Å². The van der Waals surface area contributed by atoms with Crippen molar-refractivity contribution in [2.75, 3.05) is 26.2 Å². The number of benzene rings is 1. The first-order valence-corrected chi connectivity index (χ1v) is 6.48. The first kappa shape index (κ1) is 11.5. The lowest BCUT2D eigenvalue weighted by Gasteiger charge is -2.27. The van der Waals surface area contributed by atoms with Gasteiger partial charge >= 0.3 is 0 Å². The Morgan fingerprint density at radius 1 is 1.06 bits per heavy atom. The van der Waals surface area contributed by atoms with Gasteiger partial charge in [-0.05, 0) is 17.7 Å². The van der Waals surface area contributed by atoms with E-state index in [9.17, 15) is 0 Å². The lowest BCUT2D eigenvalue weighted by Crippen LogP contribution is -2.42. The van der Waals surface area contributed by atoms with E-state index in [1.807, 2.05) is 12.1 Å². The average Bonchev–Trinajstić information content (AvgIpc) is 2.95. The molecule has 94 valence electrons. The fourth-order valence-electron chi connectivity index (χ4n) is 2.34. The third-order valence-electron chi connectivity index (χ3n) is 3.38. The zero-order valence-corrected chi connectivity index (χ0v) is 10.4. The van der Waals surface area contributed by atoms with Crippen molar-refractivity contribution in [2.24, 2.45) is 0 Å². The van der Waals surface area contributed by atoms with Crippen LogP contribution in [0.15, 0.2) is 47.1 Å². The summed E-state index contributed by atoms with van der Waals surface area (Å²) in [6.07, 6.45) is 1.71. The Morgan fingerprint density at radius 3 is 2.50 bits per heavy atom. The van der Waals surface area contributed by atoms with Crippen LogP contribution >= 0.6 is 0 Å². The van der Waals surface area contributed by atoms with Crippen molar-refractivity contribution < 1.29 is 4.42 Å². The summed E-state index contributed by atoms with van der Waals surface area (Å²) in [5.74, 6) is 0.934. The zero-order valence-electron chi connectivity index (χ0n) is 10.4. The van der Waals surface area contributed by atoms with Crippen molar-refractivity contribution >= 4 is 0 Å². The SMILES string of the molecule is c1coc(-c2ccc(CN3CCNCC3)cc2)c1. The molecule has 1 aromatic heterocycles. The molecule has 0 saturated carbocycles. The number of hydrogen-bond acceptors (Lipinski definition) is 3. The van der Waals surface area contributed by atoms with E-state index < -0.39 is 0 Å². The Balaban J connectivity index is 1.67. The van der Waals surface area contributed by atoms with Crippen molar-refractivity contribution in [3.05, 3.63) is 48.2 Å². The molecule has 1 saturated heterocycles.